The van der Waals surface area contributed by atoms with Gasteiger partial charge in [0.25, 0.3) is 0 Å². The molecular formula is C19H30O2. The second kappa shape index (κ2) is 6.91. The van der Waals surface area contributed by atoms with Gasteiger partial charge < -0.3 is 5.11 Å². The maximum absolute atomic E-state index is 12.4. The largest absolute Gasteiger partial charge is 0.389 e. The molecular weight excluding hydrogens is 260 g/mol. The molecule has 0 spiro atoms. The second-order valence-corrected chi connectivity index (χ2v) is 7.03. The van der Waals surface area contributed by atoms with Crippen molar-refractivity contribution in [3.8, 4) is 0 Å². The van der Waals surface area contributed by atoms with Gasteiger partial charge in [0.1, 0.15) is 5.78 Å². The molecule has 0 saturated carbocycles. The Labute approximate surface area is 129 Å². The SMILES string of the molecule is CCC1[C@@H]2C(=C[C@H](O)CC2CC(=O)[C@@H](C)CC)C=C[C@@H]1C. The Morgan fingerprint density at radius 1 is 1.43 bits per heavy atom. The molecule has 0 amide bonds. The van der Waals surface area contributed by atoms with Gasteiger partial charge in [0, 0.05) is 12.3 Å². The van der Waals surface area contributed by atoms with Crippen molar-refractivity contribution in [2.24, 2.45) is 29.6 Å². The minimum Gasteiger partial charge on any atom is -0.389 e. The molecule has 0 aromatic carbocycles. The van der Waals surface area contributed by atoms with E-state index in [0.717, 1.165) is 19.3 Å². The van der Waals surface area contributed by atoms with Crippen molar-refractivity contribution in [3.63, 3.8) is 0 Å². The van der Waals surface area contributed by atoms with Crippen molar-refractivity contribution in [1.29, 1.82) is 0 Å². The Hall–Kier alpha value is -0.890. The van der Waals surface area contributed by atoms with Crippen LogP contribution in [-0.4, -0.2) is 17.0 Å². The molecule has 0 radical (unpaired) electrons. The summed E-state index contributed by atoms with van der Waals surface area (Å²) in [6.45, 7) is 8.62. The molecule has 2 unspecified atom stereocenters. The number of Topliss-reactive ketones (excluding diaryl/α,β-unsaturated/α-hetero) is 1. The molecule has 0 aromatic rings. The summed E-state index contributed by atoms with van der Waals surface area (Å²) in [4.78, 5) is 12.4. The number of carbonyl (C=O) groups is 1. The van der Waals surface area contributed by atoms with E-state index in [-0.39, 0.29) is 12.0 Å². The van der Waals surface area contributed by atoms with Gasteiger partial charge in [-0.1, -0.05) is 52.3 Å². The summed E-state index contributed by atoms with van der Waals surface area (Å²) in [6.07, 6.45) is 9.50. The number of fused-ring (bicyclic) bond motifs is 1. The lowest BCUT2D eigenvalue weighted by molar-refractivity contribution is -0.124. The van der Waals surface area contributed by atoms with Gasteiger partial charge in [-0.3, -0.25) is 4.79 Å². The van der Waals surface area contributed by atoms with E-state index in [1.54, 1.807) is 0 Å². The third-order valence-corrected chi connectivity index (χ3v) is 5.65. The van der Waals surface area contributed by atoms with E-state index in [0.29, 0.717) is 35.9 Å². The molecule has 0 heterocycles. The number of hydrogen-bond donors (Lipinski definition) is 1. The summed E-state index contributed by atoms with van der Waals surface area (Å²) >= 11 is 0. The van der Waals surface area contributed by atoms with Crippen molar-refractivity contribution in [2.45, 2.75) is 59.5 Å². The van der Waals surface area contributed by atoms with E-state index in [9.17, 15) is 9.90 Å². The Kier molecular flexibility index (Phi) is 5.43. The van der Waals surface area contributed by atoms with Crippen LogP contribution in [0.1, 0.15) is 53.4 Å². The third-order valence-electron chi connectivity index (χ3n) is 5.65. The zero-order chi connectivity index (χ0) is 15.6. The van der Waals surface area contributed by atoms with Gasteiger partial charge in [0.2, 0.25) is 0 Å². The predicted octanol–water partition coefficient (Wildman–Crippen LogP) is 4.15. The molecule has 2 aliphatic rings. The predicted molar refractivity (Wildman–Crippen MR) is 86.9 cm³/mol. The molecule has 0 aromatic heterocycles. The topological polar surface area (TPSA) is 37.3 Å². The van der Waals surface area contributed by atoms with Crippen LogP contribution >= 0.6 is 0 Å². The van der Waals surface area contributed by atoms with Crippen LogP contribution in [0.25, 0.3) is 0 Å². The van der Waals surface area contributed by atoms with Gasteiger partial charge in [-0.15, -0.1) is 0 Å². The van der Waals surface area contributed by atoms with E-state index < -0.39 is 0 Å². The fourth-order valence-corrected chi connectivity index (χ4v) is 4.15. The number of aliphatic hydroxyl groups is 1. The van der Waals surface area contributed by atoms with Gasteiger partial charge in [0.15, 0.2) is 0 Å². The summed E-state index contributed by atoms with van der Waals surface area (Å²) in [7, 11) is 0. The Morgan fingerprint density at radius 3 is 2.76 bits per heavy atom. The van der Waals surface area contributed by atoms with Gasteiger partial charge in [0.05, 0.1) is 6.10 Å². The third kappa shape index (κ3) is 3.48. The van der Waals surface area contributed by atoms with E-state index in [4.69, 9.17) is 0 Å². The summed E-state index contributed by atoms with van der Waals surface area (Å²) < 4.78 is 0. The molecule has 0 saturated heterocycles. The van der Waals surface area contributed by atoms with Gasteiger partial charge >= 0.3 is 0 Å². The first kappa shape index (κ1) is 16.5. The number of rotatable bonds is 5. The van der Waals surface area contributed by atoms with Gasteiger partial charge in [-0.05, 0) is 42.1 Å². The zero-order valence-corrected chi connectivity index (χ0v) is 13.9. The second-order valence-electron chi connectivity index (χ2n) is 7.03. The van der Waals surface area contributed by atoms with Crippen LogP contribution in [0.2, 0.25) is 0 Å². The van der Waals surface area contributed by atoms with Gasteiger partial charge in [-0.25, -0.2) is 0 Å². The summed E-state index contributed by atoms with van der Waals surface area (Å²) in [6, 6.07) is 0. The first-order valence-corrected chi connectivity index (χ1v) is 8.58. The minimum absolute atomic E-state index is 0.146. The van der Waals surface area contributed by atoms with Crippen LogP contribution in [0, 0.1) is 29.6 Å². The molecule has 2 aliphatic carbocycles. The highest BCUT2D eigenvalue weighted by Crippen LogP contribution is 2.46. The van der Waals surface area contributed by atoms with Crippen molar-refractivity contribution in [3.05, 3.63) is 23.8 Å². The number of hydrogen-bond acceptors (Lipinski definition) is 2. The first-order valence-electron chi connectivity index (χ1n) is 8.58. The Balaban J connectivity index is 2.23. The van der Waals surface area contributed by atoms with Crippen molar-refractivity contribution in [1.82, 2.24) is 0 Å². The summed E-state index contributed by atoms with van der Waals surface area (Å²) in [5.74, 6) is 2.43. The summed E-state index contributed by atoms with van der Waals surface area (Å²) in [5, 5.41) is 10.1. The van der Waals surface area contributed by atoms with Crippen molar-refractivity contribution in [2.75, 3.05) is 0 Å². The highest BCUT2D eigenvalue weighted by molar-refractivity contribution is 5.81. The molecule has 6 atom stereocenters. The fourth-order valence-electron chi connectivity index (χ4n) is 4.15. The monoisotopic (exact) mass is 290 g/mol. The van der Waals surface area contributed by atoms with E-state index in [1.165, 1.54) is 5.57 Å². The maximum Gasteiger partial charge on any atom is 0.135 e. The minimum atomic E-state index is -0.387. The maximum atomic E-state index is 12.4. The lowest BCUT2D eigenvalue weighted by Gasteiger charge is -2.43. The van der Waals surface area contributed by atoms with E-state index >= 15 is 0 Å². The number of carbonyl (C=O) groups excluding carboxylic acids is 1. The standard InChI is InChI=1S/C19H30O2/c1-5-12(3)18(21)11-15-10-16(20)9-14-8-7-13(4)17(6-2)19(14)15/h7-9,12-13,15-17,19-20H,5-6,10-11H2,1-4H3/t12-,13-,15?,16-,17?,19+/m0/s1. The quantitative estimate of drug-likeness (QED) is 0.826. The lowest BCUT2D eigenvalue weighted by atomic mass is 9.62. The molecule has 0 aliphatic heterocycles. The highest BCUT2D eigenvalue weighted by atomic mass is 16.3. The molecule has 2 heteroatoms. The van der Waals surface area contributed by atoms with Crippen LogP contribution in [0.5, 0.6) is 0 Å². The number of allylic oxidation sites excluding steroid dienone is 3. The lowest BCUT2D eigenvalue weighted by Crippen LogP contribution is -2.37. The Bertz CT molecular complexity index is 435. The van der Waals surface area contributed by atoms with Crippen LogP contribution in [0.3, 0.4) is 0 Å². The van der Waals surface area contributed by atoms with E-state index in [1.807, 2.05) is 13.0 Å². The van der Waals surface area contributed by atoms with Gasteiger partial charge in [-0.2, -0.15) is 0 Å². The molecule has 1 N–H and O–H groups in total. The fraction of sp³-hybridized carbons (Fsp3) is 0.737. The highest BCUT2D eigenvalue weighted by Gasteiger charge is 2.39. The number of aliphatic hydroxyl groups excluding tert-OH is 1. The Morgan fingerprint density at radius 2 is 2.14 bits per heavy atom. The summed E-state index contributed by atoms with van der Waals surface area (Å²) in [5.41, 5.74) is 1.26. The van der Waals surface area contributed by atoms with Crippen molar-refractivity contribution >= 4 is 5.78 Å². The van der Waals surface area contributed by atoms with Crippen LogP contribution < -0.4 is 0 Å². The molecule has 2 rings (SSSR count). The molecule has 118 valence electrons. The van der Waals surface area contributed by atoms with Crippen LogP contribution in [-0.2, 0) is 4.79 Å². The molecule has 0 fully saturated rings. The average molecular weight is 290 g/mol. The first-order chi connectivity index (χ1) is 9.97. The molecule has 2 nitrogen and oxygen atoms in total. The van der Waals surface area contributed by atoms with Crippen molar-refractivity contribution < 1.29 is 9.90 Å². The van der Waals surface area contributed by atoms with E-state index in [2.05, 4.69) is 32.9 Å². The zero-order valence-electron chi connectivity index (χ0n) is 13.9. The molecule has 0 bridgehead atoms. The normalized spacial score (nSPS) is 36.8. The number of ketones is 1. The van der Waals surface area contributed by atoms with Crippen LogP contribution in [0.15, 0.2) is 23.8 Å². The van der Waals surface area contributed by atoms with Crippen LogP contribution in [0.4, 0.5) is 0 Å². The average Bonchev–Trinajstić information content (AvgIpc) is 2.46. The molecule has 21 heavy (non-hydrogen) atoms. The smallest absolute Gasteiger partial charge is 0.135 e.